The van der Waals surface area contributed by atoms with Gasteiger partial charge in [-0.1, -0.05) is 20.3 Å². The molecule has 0 radical (unpaired) electrons. The maximum Gasteiger partial charge on any atom is 0.233 e. The van der Waals surface area contributed by atoms with Crippen LogP contribution in [0, 0.1) is 17.8 Å². The van der Waals surface area contributed by atoms with Gasteiger partial charge in [-0.25, -0.2) is 0 Å². The van der Waals surface area contributed by atoms with Gasteiger partial charge in [0.05, 0.1) is 18.4 Å². The Kier molecular flexibility index (Phi) is 3.31. The minimum absolute atomic E-state index is 0.0159. The average molecular weight is 237 g/mol. The SMILES string of the molecule is CCC(=O)CN1C(=O)C2CC(CC)CC2C1=O. The topological polar surface area (TPSA) is 54.5 Å². The van der Waals surface area contributed by atoms with Crippen molar-refractivity contribution in [1.82, 2.24) is 4.90 Å². The number of rotatable bonds is 4. The van der Waals surface area contributed by atoms with Crippen LogP contribution in [0.4, 0.5) is 0 Å². The van der Waals surface area contributed by atoms with Gasteiger partial charge in [0.15, 0.2) is 5.78 Å². The molecule has 1 saturated heterocycles. The predicted octanol–water partition coefficient (Wildman–Crippen LogP) is 1.39. The van der Waals surface area contributed by atoms with Crippen LogP contribution in [0.5, 0.6) is 0 Å². The maximum atomic E-state index is 12.1. The van der Waals surface area contributed by atoms with Crippen molar-refractivity contribution < 1.29 is 14.4 Å². The van der Waals surface area contributed by atoms with E-state index in [4.69, 9.17) is 0 Å². The Labute approximate surface area is 101 Å². The second-order valence-electron chi connectivity index (χ2n) is 5.11. The highest BCUT2D eigenvalue weighted by molar-refractivity contribution is 6.07. The summed E-state index contributed by atoms with van der Waals surface area (Å²) in [4.78, 5) is 36.7. The van der Waals surface area contributed by atoms with Gasteiger partial charge < -0.3 is 0 Å². The third-order valence-electron chi connectivity index (χ3n) is 4.13. The summed E-state index contributed by atoms with van der Waals surface area (Å²) in [6, 6.07) is 0. The molecule has 1 aliphatic heterocycles. The molecule has 4 nitrogen and oxygen atoms in total. The molecule has 2 atom stereocenters. The Morgan fingerprint density at radius 1 is 1.18 bits per heavy atom. The van der Waals surface area contributed by atoms with E-state index in [-0.39, 0.29) is 36.0 Å². The highest BCUT2D eigenvalue weighted by Gasteiger charge is 2.52. The first-order valence-electron chi connectivity index (χ1n) is 6.45. The van der Waals surface area contributed by atoms with Crippen molar-refractivity contribution >= 4 is 17.6 Å². The zero-order valence-corrected chi connectivity index (χ0v) is 10.4. The predicted molar refractivity (Wildman–Crippen MR) is 62.0 cm³/mol. The molecule has 17 heavy (non-hydrogen) atoms. The molecular formula is C13H19NO3. The van der Waals surface area contributed by atoms with E-state index in [9.17, 15) is 14.4 Å². The monoisotopic (exact) mass is 237 g/mol. The third kappa shape index (κ3) is 2.01. The molecule has 0 aromatic heterocycles. The number of Topliss-reactive ketones (excluding diaryl/α,β-unsaturated/α-hetero) is 1. The van der Waals surface area contributed by atoms with Gasteiger partial charge >= 0.3 is 0 Å². The van der Waals surface area contributed by atoms with E-state index in [2.05, 4.69) is 6.92 Å². The Morgan fingerprint density at radius 3 is 2.12 bits per heavy atom. The number of carbonyl (C=O) groups is 3. The molecule has 0 aromatic carbocycles. The molecule has 0 N–H and O–H groups in total. The van der Waals surface area contributed by atoms with Crippen LogP contribution < -0.4 is 0 Å². The molecule has 94 valence electrons. The van der Waals surface area contributed by atoms with Gasteiger partial charge in [0, 0.05) is 6.42 Å². The minimum atomic E-state index is -0.142. The number of hydrogen-bond acceptors (Lipinski definition) is 3. The maximum absolute atomic E-state index is 12.1. The van der Waals surface area contributed by atoms with Gasteiger partial charge in [0.2, 0.25) is 11.8 Å². The molecule has 0 spiro atoms. The van der Waals surface area contributed by atoms with Gasteiger partial charge in [0.1, 0.15) is 0 Å². The fourth-order valence-electron chi connectivity index (χ4n) is 2.98. The summed E-state index contributed by atoms with van der Waals surface area (Å²) in [6.07, 6.45) is 3.05. The van der Waals surface area contributed by atoms with E-state index < -0.39 is 0 Å². The standard InChI is InChI=1S/C13H19NO3/c1-3-8-5-10-11(6-8)13(17)14(12(10)16)7-9(15)4-2/h8,10-11H,3-7H2,1-2H3. The number of likely N-dealkylation sites (tertiary alicyclic amines) is 1. The number of fused-ring (bicyclic) bond motifs is 1. The summed E-state index contributed by atoms with van der Waals surface area (Å²) in [5.41, 5.74) is 0. The lowest BCUT2D eigenvalue weighted by Gasteiger charge is -2.16. The minimum Gasteiger partial charge on any atom is -0.298 e. The van der Waals surface area contributed by atoms with Crippen molar-refractivity contribution in [2.24, 2.45) is 17.8 Å². The van der Waals surface area contributed by atoms with Crippen LogP contribution in [-0.4, -0.2) is 29.0 Å². The lowest BCUT2D eigenvalue weighted by Crippen LogP contribution is -2.36. The molecule has 1 saturated carbocycles. The molecule has 2 unspecified atom stereocenters. The highest BCUT2D eigenvalue weighted by atomic mass is 16.2. The largest absolute Gasteiger partial charge is 0.298 e. The molecule has 2 rings (SSSR count). The lowest BCUT2D eigenvalue weighted by molar-refractivity contribution is -0.143. The van der Waals surface area contributed by atoms with Crippen molar-refractivity contribution in [3.05, 3.63) is 0 Å². The van der Waals surface area contributed by atoms with Crippen LogP contribution in [0.3, 0.4) is 0 Å². The fourth-order valence-corrected chi connectivity index (χ4v) is 2.98. The van der Waals surface area contributed by atoms with Crippen LogP contribution in [0.2, 0.25) is 0 Å². The Balaban J connectivity index is 2.08. The van der Waals surface area contributed by atoms with E-state index in [0.29, 0.717) is 12.3 Å². The number of carbonyl (C=O) groups excluding carboxylic acids is 3. The van der Waals surface area contributed by atoms with Gasteiger partial charge in [0.25, 0.3) is 0 Å². The molecule has 0 bridgehead atoms. The Bertz CT molecular complexity index is 340. The van der Waals surface area contributed by atoms with Crippen molar-refractivity contribution in [1.29, 1.82) is 0 Å². The molecule has 2 fully saturated rings. The Morgan fingerprint density at radius 2 is 1.71 bits per heavy atom. The number of amides is 2. The molecule has 1 aliphatic carbocycles. The summed E-state index contributed by atoms with van der Waals surface area (Å²) in [7, 11) is 0. The molecule has 2 aliphatic rings. The third-order valence-corrected chi connectivity index (χ3v) is 4.13. The molecular weight excluding hydrogens is 218 g/mol. The summed E-state index contributed by atoms with van der Waals surface area (Å²) in [6.45, 7) is 3.83. The molecule has 2 amide bonds. The van der Waals surface area contributed by atoms with E-state index in [1.54, 1.807) is 6.92 Å². The van der Waals surface area contributed by atoms with Crippen molar-refractivity contribution in [3.8, 4) is 0 Å². The number of imide groups is 1. The highest BCUT2D eigenvalue weighted by Crippen LogP contribution is 2.44. The first kappa shape index (κ1) is 12.3. The van der Waals surface area contributed by atoms with Gasteiger partial charge in [-0.15, -0.1) is 0 Å². The van der Waals surface area contributed by atoms with Crippen LogP contribution in [0.25, 0.3) is 0 Å². The van der Waals surface area contributed by atoms with Gasteiger partial charge in [-0.3, -0.25) is 19.3 Å². The van der Waals surface area contributed by atoms with E-state index in [0.717, 1.165) is 19.3 Å². The number of nitrogens with zero attached hydrogens (tertiary/aromatic N) is 1. The second-order valence-corrected chi connectivity index (χ2v) is 5.11. The summed E-state index contributed by atoms with van der Waals surface area (Å²) < 4.78 is 0. The first-order chi connectivity index (χ1) is 8.08. The smallest absolute Gasteiger partial charge is 0.233 e. The molecule has 4 heteroatoms. The first-order valence-corrected chi connectivity index (χ1v) is 6.45. The normalized spacial score (nSPS) is 32.1. The van der Waals surface area contributed by atoms with Crippen molar-refractivity contribution in [2.45, 2.75) is 39.5 Å². The van der Waals surface area contributed by atoms with Gasteiger partial charge in [-0.2, -0.15) is 0 Å². The zero-order valence-electron chi connectivity index (χ0n) is 10.4. The lowest BCUT2D eigenvalue weighted by atomic mass is 10.00. The second kappa shape index (κ2) is 4.59. The number of hydrogen-bond donors (Lipinski definition) is 0. The van der Waals surface area contributed by atoms with Crippen molar-refractivity contribution in [2.75, 3.05) is 6.54 Å². The average Bonchev–Trinajstić information content (AvgIpc) is 2.85. The summed E-state index contributed by atoms with van der Waals surface area (Å²) >= 11 is 0. The summed E-state index contributed by atoms with van der Waals surface area (Å²) in [5, 5.41) is 0. The van der Waals surface area contributed by atoms with Crippen LogP contribution >= 0.6 is 0 Å². The molecule has 1 heterocycles. The van der Waals surface area contributed by atoms with Crippen LogP contribution in [0.1, 0.15) is 39.5 Å². The van der Waals surface area contributed by atoms with Crippen LogP contribution in [0.15, 0.2) is 0 Å². The Hall–Kier alpha value is -1.19. The van der Waals surface area contributed by atoms with Gasteiger partial charge in [-0.05, 0) is 18.8 Å². The van der Waals surface area contributed by atoms with E-state index in [1.165, 1.54) is 4.90 Å². The zero-order chi connectivity index (χ0) is 12.6. The van der Waals surface area contributed by atoms with Crippen LogP contribution in [-0.2, 0) is 14.4 Å². The van der Waals surface area contributed by atoms with Crippen molar-refractivity contribution in [3.63, 3.8) is 0 Å². The fraction of sp³-hybridized carbons (Fsp3) is 0.769. The van der Waals surface area contributed by atoms with E-state index in [1.807, 2.05) is 0 Å². The quantitative estimate of drug-likeness (QED) is 0.694. The molecule has 0 aromatic rings. The summed E-state index contributed by atoms with van der Waals surface area (Å²) in [5.74, 6) is -0.0506. The van der Waals surface area contributed by atoms with E-state index >= 15 is 0 Å². The number of ketones is 1.